The molecule has 0 saturated carbocycles. The highest BCUT2D eigenvalue weighted by molar-refractivity contribution is 7.10. The fraction of sp³-hybridized carbons (Fsp3) is 0.429. The molecule has 1 rings (SSSR count). The van der Waals surface area contributed by atoms with E-state index in [1.165, 1.54) is 11.5 Å². The maximum absolute atomic E-state index is 11.0. The lowest BCUT2D eigenvalue weighted by molar-refractivity contribution is 0.905. The van der Waals surface area contributed by atoms with Gasteiger partial charge in [-0.15, -0.1) is 0 Å². The van der Waals surface area contributed by atoms with E-state index in [0.29, 0.717) is 5.00 Å². The molecule has 12 heavy (non-hydrogen) atoms. The SMILES string of the molecule is [C-]#[N+]c1c(NC(C)C)s[nH]c1=O. The molecule has 64 valence electrons. The Morgan fingerprint density at radius 1 is 1.67 bits per heavy atom. The minimum atomic E-state index is -0.307. The summed E-state index contributed by atoms with van der Waals surface area (Å²) in [4.78, 5) is 14.1. The molecule has 0 fully saturated rings. The summed E-state index contributed by atoms with van der Waals surface area (Å²) in [6.07, 6.45) is 0. The average molecular weight is 183 g/mol. The van der Waals surface area contributed by atoms with Gasteiger partial charge in [0, 0.05) is 6.04 Å². The third-order valence-corrected chi connectivity index (χ3v) is 2.01. The molecule has 0 aliphatic rings. The van der Waals surface area contributed by atoms with Crippen molar-refractivity contribution in [2.24, 2.45) is 0 Å². The molecule has 1 heterocycles. The molecule has 2 N–H and O–H groups in total. The summed E-state index contributed by atoms with van der Waals surface area (Å²) in [5.74, 6) is 0. The van der Waals surface area contributed by atoms with E-state index in [0.717, 1.165) is 0 Å². The molecular weight excluding hydrogens is 174 g/mol. The number of aromatic amines is 1. The van der Waals surface area contributed by atoms with Crippen molar-refractivity contribution in [3.63, 3.8) is 0 Å². The third-order valence-electron chi connectivity index (χ3n) is 1.21. The first-order chi connectivity index (χ1) is 5.65. The fourth-order valence-corrected chi connectivity index (χ4v) is 1.58. The van der Waals surface area contributed by atoms with E-state index in [-0.39, 0.29) is 17.3 Å². The zero-order valence-electron chi connectivity index (χ0n) is 6.84. The van der Waals surface area contributed by atoms with Gasteiger partial charge >= 0.3 is 0 Å². The van der Waals surface area contributed by atoms with Crippen molar-refractivity contribution < 1.29 is 0 Å². The zero-order valence-corrected chi connectivity index (χ0v) is 7.66. The quantitative estimate of drug-likeness (QED) is 0.687. The summed E-state index contributed by atoms with van der Waals surface area (Å²) in [6.45, 7) is 10.7. The van der Waals surface area contributed by atoms with Crippen LogP contribution in [0.25, 0.3) is 4.85 Å². The molecule has 0 saturated heterocycles. The van der Waals surface area contributed by atoms with Crippen LogP contribution in [-0.4, -0.2) is 10.4 Å². The summed E-state index contributed by atoms with van der Waals surface area (Å²) < 4.78 is 2.50. The Labute approximate surface area is 74.2 Å². The molecule has 1 aromatic rings. The second kappa shape index (κ2) is 3.41. The van der Waals surface area contributed by atoms with Gasteiger partial charge < -0.3 is 5.32 Å². The summed E-state index contributed by atoms with van der Waals surface area (Å²) in [5, 5.41) is 3.65. The van der Waals surface area contributed by atoms with E-state index < -0.39 is 0 Å². The topological polar surface area (TPSA) is 49.2 Å². The first-order valence-corrected chi connectivity index (χ1v) is 4.32. The van der Waals surface area contributed by atoms with Gasteiger partial charge in [0.15, 0.2) is 0 Å². The Morgan fingerprint density at radius 3 is 2.83 bits per heavy atom. The van der Waals surface area contributed by atoms with Crippen LogP contribution in [0.2, 0.25) is 0 Å². The van der Waals surface area contributed by atoms with E-state index in [1.807, 2.05) is 13.8 Å². The summed E-state index contributed by atoms with van der Waals surface area (Å²) in [6, 6.07) is 0.233. The molecule has 0 aliphatic carbocycles. The summed E-state index contributed by atoms with van der Waals surface area (Å²) in [5.41, 5.74) is -0.146. The lowest BCUT2D eigenvalue weighted by Gasteiger charge is -2.05. The van der Waals surface area contributed by atoms with Crippen molar-refractivity contribution in [3.05, 3.63) is 21.8 Å². The second-order valence-corrected chi connectivity index (χ2v) is 3.44. The predicted molar refractivity (Wildman–Crippen MR) is 50.0 cm³/mol. The van der Waals surface area contributed by atoms with Crippen LogP contribution in [0.4, 0.5) is 10.7 Å². The van der Waals surface area contributed by atoms with Crippen LogP contribution in [0.1, 0.15) is 13.8 Å². The molecule has 0 amide bonds. The van der Waals surface area contributed by atoms with Gasteiger partial charge in [-0.3, -0.25) is 9.17 Å². The maximum atomic E-state index is 11.0. The molecule has 1 aromatic heterocycles. The normalized spacial score (nSPS) is 9.83. The van der Waals surface area contributed by atoms with Gasteiger partial charge in [-0.25, -0.2) is 4.85 Å². The highest BCUT2D eigenvalue weighted by Crippen LogP contribution is 2.24. The number of hydrogen-bond acceptors (Lipinski definition) is 3. The van der Waals surface area contributed by atoms with Crippen LogP contribution in [0.5, 0.6) is 0 Å². The second-order valence-electron chi connectivity index (χ2n) is 2.62. The van der Waals surface area contributed by atoms with Crippen LogP contribution in [0.15, 0.2) is 4.79 Å². The summed E-state index contributed by atoms with van der Waals surface area (Å²) >= 11 is 1.17. The van der Waals surface area contributed by atoms with E-state index in [4.69, 9.17) is 6.57 Å². The molecule has 0 unspecified atom stereocenters. The van der Waals surface area contributed by atoms with Crippen LogP contribution >= 0.6 is 11.5 Å². The summed E-state index contributed by atoms with van der Waals surface area (Å²) in [7, 11) is 0. The van der Waals surface area contributed by atoms with Crippen molar-refractivity contribution >= 4 is 22.2 Å². The van der Waals surface area contributed by atoms with Gasteiger partial charge in [-0.1, -0.05) is 11.5 Å². The number of hydrogen-bond donors (Lipinski definition) is 2. The Hall–Kier alpha value is -1.28. The first kappa shape index (κ1) is 8.81. The fourth-order valence-electron chi connectivity index (χ4n) is 0.759. The standard InChI is InChI=1S/C7H9N3OS/c1-4(2)9-7-5(8-3)6(11)10-12-7/h4,9H,1-2H3,(H,10,11). The van der Waals surface area contributed by atoms with Crippen molar-refractivity contribution in [1.82, 2.24) is 4.37 Å². The number of H-pyrrole nitrogens is 1. The van der Waals surface area contributed by atoms with Crippen LogP contribution in [0.3, 0.4) is 0 Å². The third kappa shape index (κ3) is 1.66. The Morgan fingerprint density at radius 2 is 2.33 bits per heavy atom. The van der Waals surface area contributed by atoms with Crippen molar-refractivity contribution in [2.45, 2.75) is 19.9 Å². The molecular formula is C7H9N3OS. The predicted octanol–water partition coefficient (Wildman–Crippen LogP) is 1.81. The minimum Gasteiger partial charge on any atom is -0.382 e. The number of nitrogens with zero attached hydrogens (tertiary/aromatic N) is 1. The maximum Gasteiger partial charge on any atom is 0.284 e. The lowest BCUT2D eigenvalue weighted by Crippen LogP contribution is -2.08. The van der Waals surface area contributed by atoms with Crippen LogP contribution < -0.4 is 10.9 Å². The molecule has 0 radical (unpaired) electrons. The van der Waals surface area contributed by atoms with E-state index in [9.17, 15) is 4.79 Å². The van der Waals surface area contributed by atoms with Crippen LogP contribution in [0, 0.1) is 6.57 Å². The highest BCUT2D eigenvalue weighted by atomic mass is 32.1. The largest absolute Gasteiger partial charge is 0.382 e. The lowest BCUT2D eigenvalue weighted by atomic mass is 10.4. The molecule has 0 aliphatic heterocycles. The van der Waals surface area contributed by atoms with Gasteiger partial charge in [-0.05, 0) is 13.8 Å². The minimum absolute atomic E-state index is 0.161. The Bertz CT molecular complexity index is 357. The number of anilines is 1. The van der Waals surface area contributed by atoms with Crippen molar-refractivity contribution in [2.75, 3.05) is 5.32 Å². The van der Waals surface area contributed by atoms with Gasteiger partial charge in [0.1, 0.15) is 5.00 Å². The van der Waals surface area contributed by atoms with Gasteiger partial charge in [0.2, 0.25) is 0 Å². The van der Waals surface area contributed by atoms with E-state index in [2.05, 4.69) is 14.5 Å². The van der Waals surface area contributed by atoms with Crippen LogP contribution in [-0.2, 0) is 0 Å². The van der Waals surface area contributed by atoms with Gasteiger partial charge in [-0.2, -0.15) is 0 Å². The zero-order chi connectivity index (χ0) is 9.14. The van der Waals surface area contributed by atoms with Gasteiger partial charge in [0.25, 0.3) is 11.2 Å². The van der Waals surface area contributed by atoms with Gasteiger partial charge in [0.05, 0.1) is 6.57 Å². The monoisotopic (exact) mass is 183 g/mol. The van der Waals surface area contributed by atoms with Crippen molar-refractivity contribution in [3.8, 4) is 0 Å². The molecule has 0 spiro atoms. The smallest absolute Gasteiger partial charge is 0.284 e. The highest BCUT2D eigenvalue weighted by Gasteiger charge is 2.09. The number of nitrogens with one attached hydrogen (secondary N) is 2. The molecule has 0 bridgehead atoms. The Balaban J connectivity index is 3.02. The molecule has 4 nitrogen and oxygen atoms in total. The first-order valence-electron chi connectivity index (χ1n) is 3.50. The average Bonchev–Trinajstić information content (AvgIpc) is 2.30. The molecule has 5 heteroatoms. The van der Waals surface area contributed by atoms with E-state index in [1.54, 1.807) is 0 Å². The Kier molecular flexibility index (Phi) is 2.51. The molecule has 0 atom stereocenters. The van der Waals surface area contributed by atoms with E-state index >= 15 is 0 Å². The number of rotatable bonds is 2. The van der Waals surface area contributed by atoms with Crippen molar-refractivity contribution in [1.29, 1.82) is 0 Å². The molecule has 0 aromatic carbocycles. The number of aromatic nitrogens is 1.